The minimum absolute atomic E-state index is 0.0219. The Bertz CT molecular complexity index is 1900. The Kier molecular flexibility index (Phi) is 7.15. The van der Waals surface area contributed by atoms with Crippen LogP contribution in [0.4, 0.5) is 17.6 Å². The molecule has 0 radical (unpaired) electrons. The van der Waals surface area contributed by atoms with Crippen LogP contribution in [-0.4, -0.2) is 51.2 Å². The van der Waals surface area contributed by atoms with Crippen LogP contribution in [0, 0.1) is 0 Å². The molecule has 0 saturated heterocycles. The van der Waals surface area contributed by atoms with Gasteiger partial charge in [-0.3, -0.25) is 19.1 Å². The van der Waals surface area contributed by atoms with Gasteiger partial charge in [0.2, 0.25) is 11.8 Å². The third-order valence-corrected chi connectivity index (χ3v) is 6.73. The number of nitrogens with zero attached hydrogens (tertiary/aromatic N) is 8. The number of benzene rings is 1. The number of fused-ring (bicyclic) bond motifs is 1. The van der Waals surface area contributed by atoms with Crippen molar-refractivity contribution in [3.05, 3.63) is 89.1 Å². The molecule has 0 aliphatic heterocycles. The SMILES string of the molecule is CC(C)n1c2nc(Nc3ncc(-c4nc(-c5cccnc5)no4)c(N[C@H](CO)c4ccccc4)n3)ccc2c(=O)n1C. The van der Waals surface area contributed by atoms with E-state index in [0.29, 0.717) is 39.6 Å². The first-order valence-corrected chi connectivity index (χ1v) is 13.3. The molecule has 0 amide bonds. The Morgan fingerprint density at radius 3 is 2.57 bits per heavy atom. The van der Waals surface area contributed by atoms with E-state index in [0.717, 1.165) is 5.56 Å². The lowest BCUT2D eigenvalue weighted by atomic mass is 10.1. The van der Waals surface area contributed by atoms with Gasteiger partial charge >= 0.3 is 0 Å². The third-order valence-electron chi connectivity index (χ3n) is 6.73. The van der Waals surface area contributed by atoms with Crippen molar-refractivity contribution in [3.63, 3.8) is 0 Å². The molecule has 13 nitrogen and oxygen atoms in total. The average Bonchev–Trinajstić information content (AvgIpc) is 3.60. The van der Waals surface area contributed by atoms with E-state index < -0.39 is 6.04 Å². The van der Waals surface area contributed by atoms with Gasteiger partial charge in [0.15, 0.2) is 5.65 Å². The molecule has 5 aromatic heterocycles. The van der Waals surface area contributed by atoms with Gasteiger partial charge in [-0.05, 0) is 43.7 Å². The summed E-state index contributed by atoms with van der Waals surface area (Å²) in [5.74, 6) is 1.61. The van der Waals surface area contributed by atoms with E-state index >= 15 is 0 Å². The fourth-order valence-corrected chi connectivity index (χ4v) is 4.72. The normalized spacial score (nSPS) is 12.1. The smallest absolute Gasteiger partial charge is 0.275 e. The molecule has 3 N–H and O–H groups in total. The molecule has 6 rings (SSSR count). The summed E-state index contributed by atoms with van der Waals surface area (Å²) in [6, 6.07) is 16.1. The van der Waals surface area contributed by atoms with Crippen molar-refractivity contribution in [1.29, 1.82) is 0 Å². The van der Waals surface area contributed by atoms with Gasteiger partial charge < -0.3 is 20.3 Å². The molecule has 6 aromatic rings. The Balaban J connectivity index is 1.39. The zero-order valence-electron chi connectivity index (χ0n) is 23.1. The first-order valence-electron chi connectivity index (χ1n) is 13.3. The Labute approximate surface area is 239 Å². The van der Waals surface area contributed by atoms with E-state index in [1.165, 1.54) is 0 Å². The number of hydrogen-bond acceptors (Lipinski definition) is 11. The third kappa shape index (κ3) is 5.08. The van der Waals surface area contributed by atoms with Crippen LogP contribution in [0.2, 0.25) is 0 Å². The number of anilines is 3. The van der Waals surface area contributed by atoms with Gasteiger partial charge in [0.1, 0.15) is 17.2 Å². The van der Waals surface area contributed by atoms with Crippen LogP contribution in [-0.2, 0) is 7.05 Å². The first-order chi connectivity index (χ1) is 20.4. The van der Waals surface area contributed by atoms with Crippen molar-refractivity contribution in [2.24, 2.45) is 7.05 Å². The topological polar surface area (TPSA) is 162 Å². The van der Waals surface area contributed by atoms with E-state index in [2.05, 4.69) is 35.7 Å². The molecule has 13 heteroatoms. The van der Waals surface area contributed by atoms with Gasteiger partial charge in [-0.1, -0.05) is 35.5 Å². The summed E-state index contributed by atoms with van der Waals surface area (Å²) in [5.41, 5.74) is 2.43. The monoisotopic (exact) mass is 564 g/mol. The van der Waals surface area contributed by atoms with E-state index in [9.17, 15) is 9.90 Å². The number of hydrogen-bond donors (Lipinski definition) is 3. The second-order valence-corrected chi connectivity index (χ2v) is 9.87. The molecule has 42 heavy (non-hydrogen) atoms. The van der Waals surface area contributed by atoms with Crippen molar-refractivity contribution in [3.8, 4) is 22.8 Å². The molecule has 0 aliphatic rings. The highest BCUT2D eigenvalue weighted by Gasteiger charge is 2.21. The lowest BCUT2D eigenvalue weighted by Crippen LogP contribution is -2.20. The largest absolute Gasteiger partial charge is 0.394 e. The van der Waals surface area contributed by atoms with Gasteiger partial charge in [-0.2, -0.15) is 9.97 Å². The van der Waals surface area contributed by atoms with Crippen LogP contribution in [0.25, 0.3) is 33.9 Å². The second kappa shape index (κ2) is 11.2. The Hall–Kier alpha value is -5.43. The van der Waals surface area contributed by atoms with E-state index in [-0.39, 0.29) is 30.0 Å². The lowest BCUT2D eigenvalue weighted by molar-refractivity contribution is 0.276. The van der Waals surface area contributed by atoms with Crippen molar-refractivity contribution in [2.75, 3.05) is 17.2 Å². The summed E-state index contributed by atoms with van der Waals surface area (Å²) in [6.07, 6.45) is 4.86. The summed E-state index contributed by atoms with van der Waals surface area (Å²) in [7, 11) is 1.72. The van der Waals surface area contributed by atoms with Gasteiger partial charge in [0.05, 0.1) is 18.0 Å². The molecule has 0 aliphatic carbocycles. The van der Waals surface area contributed by atoms with Crippen molar-refractivity contribution in [2.45, 2.75) is 25.9 Å². The zero-order valence-corrected chi connectivity index (χ0v) is 23.1. The van der Waals surface area contributed by atoms with Gasteiger partial charge in [0.25, 0.3) is 11.4 Å². The van der Waals surface area contributed by atoms with Gasteiger partial charge in [0, 0.05) is 37.2 Å². The molecular formula is C29H28N10O3. The Morgan fingerprint density at radius 2 is 1.83 bits per heavy atom. The van der Waals surface area contributed by atoms with Crippen LogP contribution in [0.5, 0.6) is 0 Å². The summed E-state index contributed by atoms with van der Waals surface area (Å²) in [6.45, 7) is 3.78. The molecule has 0 bridgehead atoms. The first kappa shape index (κ1) is 26.8. The molecule has 0 saturated carbocycles. The predicted octanol–water partition coefficient (Wildman–Crippen LogP) is 4.11. The van der Waals surface area contributed by atoms with Crippen LogP contribution in [0.3, 0.4) is 0 Å². The standard InChI is InChI=1S/C29H28N10O3/c1-17(2)39-26-20(28(41)38(39)3)11-12-23(33-26)34-29-31-15-21(27-35-24(37-42-27)19-10-7-13-30-14-19)25(36-29)32-22(16-40)18-8-5-4-6-9-18/h4-15,17,22,40H,16H2,1-3H3,(H2,31,32,33,34,36)/t22-/m1/s1. The number of nitrogens with one attached hydrogen (secondary N) is 2. The summed E-state index contributed by atoms with van der Waals surface area (Å²) < 4.78 is 8.98. The number of pyridine rings is 2. The maximum atomic E-state index is 12.7. The van der Waals surface area contributed by atoms with Crippen molar-refractivity contribution in [1.82, 2.24) is 39.4 Å². The average molecular weight is 565 g/mol. The minimum Gasteiger partial charge on any atom is -0.394 e. The maximum absolute atomic E-state index is 12.7. The summed E-state index contributed by atoms with van der Waals surface area (Å²) in [5, 5.41) is 21.3. The second-order valence-electron chi connectivity index (χ2n) is 9.87. The fourth-order valence-electron chi connectivity index (χ4n) is 4.72. The molecule has 1 aromatic carbocycles. The summed E-state index contributed by atoms with van der Waals surface area (Å²) >= 11 is 0. The molecule has 0 unspecified atom stereocenters. The van der Waals surface area contributed by atoms with Gasteiger partial charge in [-0.15, -0.1) is 0 Å². The highest BCUT2D eigenvalue weighted by atomic mass is 16.5. The predicted molar refractivity (Wildman–Crippen MR) is 157 cm³/mol. The van der Waals surface area contributed by atoms with E-state index in [1.807, 2.05) is 54.9 Å². The van der Waals surface area contributed by atoms with Crippen LogP contribution < -0.4 is 16.2 Å². The van der Waals surface area contributed by atoms with Crippen LogP contribution in [0.15, 0.2) is 82.5 Å². The van der Waals surface area contributed by atoms with E-state index in [4.69, 9.17) is 9.51 Å². The summed E-state index contributed by atoms with van der Waals surface area (Å²) in [4.78, 5) is 35.2. The van der Waals surface area contributed by atoms with E-state index in [1.54, 1.807) is 48.5 Å². The molecular weight excluding hydrogens is 536 g/mol. The lowest BCUT2D eigenvalue weighted by Gasteiger charge is -2.19. The Morgan fingerprint density at radius 1 is 1.00 bits per heavy atom. The number of aliphatic hydroxyl groups is 1. The molecule has 212 valence electrons. The molecule has 5 heterocycles. The van der Waals surface area contributed by atoms with Crippen molar-refractivity contribution < 1.29 is 9.63 Å². The van der Waals surface area contributed by atoms with Crippen LogP contribution >= 0.6 is 0 Å². The van der Waals surface area contributed by atoms with Gasteiger partial charge in [-0.25, -0.2) is 9.97 Å². The number of aliphatic hydroxyl groups excluding tert-OH is 1. The van der Waals surface area contributed by atoms with Crippen LogP contribution in [0.1, 0.15) is 31.5 Å². The molecule has 1 atom stereocenters. The number of aromatic nitrogens is 8. The fraction of sp³-hybridized carbons (Fsp3) is 0.207. The minimum atomic E-state index is -0.479. The molecule has 0 fully saturated rings. The van der Waals surface area contributed by atoms with Crippen molar-refractivity contribution >= 4 is 28.6 Å². The number of rotatable bonds is 9. The molecule has 0 spiro atoms. The highest BCUT2D eigenvalue weighted by Crippen LogP contribution is 2.31. The highest BCUT2D eigenvalue weighted by molar-refractivity contribution is 5.78. The maximum Gasteiger partial charge on any atom is 0.275 e. The quantitative estimate of drug-likeness (QED) is 0.232. The zero-order chi connectivity index (χ0) is 29.2.